The summed E-state index contributed by atoms with van der Waals surface area (Å²) in [6, 6.07) is 7.39. The Bertz CT molecular complexity index is 835. The van der Waals surface area contributed by atoms with Crippen molar-refractivity contribution in [2.75, 3.05) is 7.11 Å². The van der Waals surface area contributed by atoms with Crippen LogP contribution in [0.5, 0.6) is 0 Å². The first-order valence-corrected chi connectivity index (χ1v) is 8.43. The van der Waals surface area contributed by atoms with Crippen molar-refractivity contribution in [2.24, 2.45) is 9.98 Å². The fourth-order valence-corrected chi connectivity index (χ4v) is 2.67. The van der Waals surface area contributed by atoms with Crippen LogP contribution in [-0.4, -0.2) is 34.3 Å². The predicted octanol–water partition coefficient (Wildman–Crippen LogP) is 3.94. The minimum absolute atomic E-state index is 0.346. The molecule has 0 amide bonds. The molecule has 1 aromatic carbocycles. The number of hydrogen-bond acceptors (Lipinski definition) is 5. The standard InChI is InChI=1S/C18H20ClN5O/c1-12(10-24-11-21-17(23-24)13-7-8-13)22-16(18(20-2)25-3)14-5-4-6-15(19)9-14/h4-6,9,11,13H,2,7-8,10H2,1,3H3/b18-16+,22-12+. The number of benzene rings is 1. The largest absolute Gasteiger partial charge is 0.479 e. The summed E-state index contributed by atoms with van der Waals surface area (Å²) in [6.45, 7) is 6.03. The predicted molar refractivity (Wildman–Crippen MR) is 100 cm³/mol. The summed E-state index contributed by atoms with van der Waals surface area (Å²) in [5, 5.41) is 5.13. The van der Waals surface area contributed by atoms with E-state index in [2.05, 4.69) is 26.8 Å². The van der Waals surface area contributed by atoms with Gasteiger partial charge in [-0.05, 0) is 38.6 Å². The van der Waals surface area contributed by atoms with Gasteiger partial charge in [-0.25, -0.2) is 19.7 Å². The lowest BCUT2D eigenvalue weighted by Crippen LogP contribution is -2.08. The van der Waals surface area contributed by atoms with Crippen LogP contribution in [0.1, 0.15) is 37.1 Å². The third kappa shape index (κ3) is 4.33. The molecule has 1 aromatic heterocycles. The fourth-order valence-electron chi connectivity index (χ4n) is 2.48. The van der Waals surface area contributed by atoms with Crippen molar-refractivity contribution in [3.05, 3.63) is 52.9 Å². The first-order chi connectivity index (χ1) is 12.1. The van der Waals surface area contributed by atoms with Gasteiger partial charge in [-0.3, -0.25) is 0 Å². The number of nitrogens with zero attached hydrogens (tertiary/aromatic N) is 5. The number of methoxy groups -OCH3 is 1. The summed E-state index contributed by atoms with van der Waals surface area (Å²) in [7, 11) is 1.54. The highest BCUT2D eigenvalue weighted by molar-refractivity contribution is 6.30. The highest BCUT2D eigenvalue weighted by Gasteiger charge is 2.27. The molecule has 0 atom stereocenters. The second kappa shape index (κ2) is 7.61. The molecular formula is C18H20ClN5O. The van der Waals surface area contributed by atoms with Gasteiger partial charge in [0.1, 0.15) is 12.0 Å². The normalized spacial score (nSPS) is 15.7. The molecular weight excluding hydrogens is 338 g/mol. The van der Waals surface area contributed by atoms with Crippen LogP contribution in [0, 0.1) is 0 Å². The van der Waals surface area contributed by atoms with E-state index in [4.69, 9.17) is 16.3 Å². The number of aromatic nitrogens is 3. The lowest BCUT2D eigenvalue weighted by Gasteiger charge is -2.09. The smallest absolute Gasteiger partial charge is 0.239 e. The molecule has 1 saturated carbocycles. The zero-order chi connectivity index (χ0) is 17.8. The Hall–Kier alpha value is -2.47. The van der Waals surface area contributed by atoms with E-state index in [-0.39, 0.29) is 0 Å². The molecule has 3 rings (SSSR count). The van der Waals surface area contributed by atoms with Crippen molar-refractivity contribution < 1.29 is 4.74 Å². The van der Waals surface area contributed by atoms with Crippen LogP contribution in [0.2, 0.25) is 5.02 Å². The quantitative estimate of drug-likeness (QED) is 0.556. The van der Waals surface area contributed by atoms with E-state index in [1.54, 1.807) is 18.1 Å². The molecule has 0 aliphatic heterocycles. The van der Waals surface area contributed by atoms with Gasteiger partial charge in [-0.1, -0.05) is 23.7 Å². The maximum atomic E-state index is 6.10. The Balaban J connectivity index is 1.88. The maximum absolute atomic E-state index is 6.10. The second-order valence-corrected chi connectivity index (χ2v) is 6.38. The summed E-state index contributed by atoms with van der Waals surface area (Å²) in [5.41, 5.74) is 2.24. The molecule has 1 heterocycles. The van der Waals surface area contributed by atoms with E-state index in [1.165, 1.54) is 12.8 Å². The van der Waals surface area contributed by atoms with Crippen molar-refractivity contribution in [3.8, 4) is 0 Å². The molecule has 0 spiro atoms. The molecule has 130 valence electrons. The van der Waals surface area contributed by atoms with Crippen LogP contribution < -0.4 is 0 Å². The molecule has 1 aliphatic rings. The van der Waals surface area contributed by atoms with Crippen LogP contribution in [-0.2, 0) is 11.3 Å². The molecule has 0 radical (unpaired) electrons. The van der Waals surface area contributed by atoms with Gasteiger partial charge in [0.15, 0.2) is 5.82 Å². The average Bonchev–Trinajstić information content (AvgIpc) is 3.35. The van der Waals surface area contributed by atoms with E-state index in [0.29, 0.717) is 29.1 Å². The van der Waals surface area contributed by atoms with Crippen LogP contribution in [0.25, 0.3) is 5.70 Å². The lowest BCUT2D eigenvalue weighted by atomic mass is 10.1. The van der Waals surface area contributed by atoms with Gasteiger partial charge in [-0.15, -0.1) is 0 Å². The van der Waals surface area contributed by atoms with Crippen LogP contribution in [0.4, 0.5) is 0 Å². The summed E-state index contributed by atoms with van der Waals surface area (Å²) < 4.78 is 7.12. The monoisotopic (exact) mass is 357 g/mol. The van der Waals surface area contributed by atoms with E-state index in [0.717, 1.165) is 17.1 Å². The molecule has 7 heteroatoms. The van der Waals surface area contributed by atoms with Crippen molar-refractivity contribution in [3.63, 3.8) is 0 Å². The number of halogens is 1. The fraction of sp³-hybridized carbons (Fsp3) is 0.333. The third-order valence-corrected chi connectivity index (χ3v) is 4.06. The Labute approximate surface area is 151 Å². The van der Waals surface area contributed by atoms with Gasteiger partial charge in [-0.2, -0.15) is 5.10 Å². The van der Waals surface area contributed by atoms with Gasteiger partial charge in [0, 0.05) is 22.2 Å². The minimum Gasteiger partial charge on any atom is -0.479 e. The highest BCUT2D eigenvalue weighted by Crippen LogP contribution is 2.37. The zero-order valence-electron chi connectivity index (χ0n) is 14.3. The van der Waals surface area contributed by atoms with Gasteiger partial charge < -0.3 is 4.74 Å². The van der Waals surface area contributed by atoms with Crippen LogP contribution >= 0.6 is 11.6 Å². The van der Waals surface area contributed by atoms with Gasteiger partial charge in [0.25, 0.3) is 0 Å². The Morgan fingerprint density at radius 1 is 1.44 bits per heavy atom. The van der Waals surface area contributed by atoms with Crippen molar-refractivity contribution in [1.29, 1.82) is 0 Å². The molecule has 0 saturated heterocycles. The first-order valence-electron chi connectivity index (χ1n) is 8.05. The molecule has 0 bridgehead atoms. The van der Waals surface area contributed by atoms with E-state index in [1.807, 2.05) is 31.2 Å². The molecule has 0 unspecified atom stereocenters. The van der Waals surface area contributed by atoms with Gasteiger partial charge in [0.05, 0.1) is 13.7 Å². The van der Waals surface area contributed by atoms with Crippen molar-refractivity contribution in [2.45, 2.75) is 32.2 Å². The Morgan fingerprint density at radius 3 is 2.88 bits per heavy atom. The first kappa shape index (κ1) is 17.4. The average molecular weight is 358 g/mol. The molecule has 0 N–H and O–H groups in total. The highest BCUT2D eigenvalue weighted by atomic mass is 35.5. The number of hydrogen-bond donors (Lipinski definition) is 0. The lowest BCUT2D eigenvalue weighted by molar-refractivity contribution is 0.291. The number of aliphatic imine (C=N–C) groups is 2. The molecule has 2 aromatic rings. The van der Waals surface area contributed by atoms with E-state index >= 15 is 0 Å². The third-order valence-electron chi connectivity index (χ3n) is 3.83. The van der Waals surface area contributed by atoms with Gasteiger partial charge in [0.2, 0.25) is 5.88 Å². The molecule has 1 fully saturated rings. The summed E-state index contributed by atoms with van der Waals surface area (Å²) >= 11 is 6.10. The van der Waals surface area contributed by atoms with Crippen molar-refractivity contribution in [1.82, 2.24) is 14.8 Å². The van der Waals surface area contributed by atoms with Crippen LogP contribution in [0.15, 0.2) is 46.5 Å². The summed E-state index contributed by atoms with van der Waals surface area (Å²) in [5.74, 6) is 1.80. The SMILES string of the molecule is C=N/C(OC)=C(\N=C(/C)Cn1cnc(C2CC2)n1)c1cccc(Cl)c1. The van der Waals surface area contributed by atoms with Crippen LogP contribution in [0.3, 0.4) is 0 Å². The number of rotatable bonds is 7. The maximum Gasteiger partial charge on any atom is 0.239 e. The summed E-state index contributed by atoms with van der Waals surface area (Å²) in [4.78, 5) is 13.0. The molecule has 1 aliphatic carbocycles. The van der Waals surface area contributed by atoms with Gasteiger partial charge >= 0.3 is 0 Å². The Kier molecular flexibility index (Phi) is 5.28. The van der Waals surface area contributed by atoms with Crippen molar-refractivity contribution >= 4 is 29.7 Å². The van der Waals surface area contributed by atoms with E-state index < -0.39 is 0 Å². The molecule has 25 heavy (non-hydrogen) atoms. The molecule has 6 nitrogen and oxygen atoms in total. The zero-order valence-corrected chi connectivity index (χ0v) is 15.1. The second-order valence-electron chi connectivity index (χ2n) is 5.95. The summed E-state index contributed by atoms with van der Waals surface area (Å²) in [6.07, 6.45) is 4.11. The topological polar surface area (TPSA) is 64.7 Å². The Morgan fingerprint density at radius 2 is 2.24 bits per heavy atom. The number of ether oxygens (including phenoxy) is 1. The van der Waals surface area contributed by atoms with E-state index in [9.17, 15) is 0 Å². The minimum atomic E-state index is 0.346.